The van der Waals surface area contributed by atoms with E-state index in [9.17, 15) is 0 Å². The molecule has 7 rings (SSSR count). The maximum Gasteiger partial charge on any atom is 0.159 e. The molecule has 0 bridgehead atoms. The van der Waals surface area contributed by atoms with E-state index in [1.54, 1.807) is 0 Å². The van der Waals surface area contributed by atoms with E-state index in [1.165, 1.54) is 21.7 Å². The summed E-state index contributed by atoms with van der Waals surface area (Å²) in [5, 5.41) is 8.96. The monoisotopic (exact) mass is 697 g/mol. The predicted octanol–water partition coefficient (Wildman–Crippen LogP) is 10.7. The molecular formula is C46H41N3P2. The molecule has 0 aliphatic carbocycles. The number of hydrogen-bond acceptors (Lipinski definition) is 2. The molecule has 0 aliphatic heterocycles. The molecular weight excluding hydrogens is 656 g/mol. The Balaban J connectivity index is 1.69. The van der Waals surface area contributed by atoms with Crippen LogP contribution in [0.3, 0.4) is 0 Å². The number of nitrogens with zero attached hydrogens (tertiary/aromatic N) is 2. The Hall–Kier alpha value is -5.46. The zero-order valence-corrected chi connectivity index (χ0v) is 30.7. The van der Waals surface area contributed by atoms with Crippen molar-refractivity contribution in [3.05, 3.63) is 217 Å². The molecule has 0 saturated carbocycles. The van der Waals surface area contributed by atoms with Crippen molar-refractivity contribution in [3.63, 3.8) is 0 Å². The van der Waals surface area contributed by atoms with Gasteiger partial charge in [0.1, 0.15) is 0 Å². The molecule has 7 aromatic rings. The van der Waals surface area contributed by atoms with Crippen LogP contribution in [0.25, 0.3) is 0 Å². The summed E-state index contributed by atoms with van der Waals surface area (Å²) in [5.74, 6) is 0.700. The van der Waals surface area contributed by atoms with Crippen LogP contribution in [0.4, 0.5) is 11.4 Å². The Morgan fingerprint density at radius 1 is 0.451 bits per heavy atom. The number of nitrogens with one attached hydrogen (secondary N) is 1. The van der Waals surface area contributed by atoms with Gasteiger partial charge in [-0.3, -0.25) is 0 Å². The van der Waals surface area contributed by atoms with E-state index in [4.69, 9.17) is 9.74 Å². The maximum atomic E-state index is 6.02. The Kier molecular flexibility index (Phi) is 10.4. The summed E-state index contributed by atoms with van der Waals surface area (Å²) in [6, 6.07) is 71.0. The van der Waals surface area contributed by atoms with Crippen molar-refractivity contribution >= 4 is 58.1 Å². The number of anilines is 1. The Labute approximate surface area is 302 Å². The van der Waals surface area contributed by atoms with Crippen LogP contribution in [-0.4, -0.2) is 11.4 Å². The molecule has 0 amide bonds. The first-order valence-electron chi connectivity index (χ1n) is 17.2. The highest BCUT2D eigenvalue weighted by Crippen LogP contribution is 2.56. The summed E-state index contributed by atoms with van der Waals surface area (Å²) in [7, 11) is -5.41. The van der Waals surface area contributed by atoms with Crippen LogP contribution in [0.1, 0.15) is 16.7 Å². The van der Waals surface area contributed by atoms with Gasteiger partial charge in [-0.05, 0) is 54.3 Å². The fourth-order valence-corrected chi connectivity index (χ4v) is 15.4. The molecule has 1 N–H and O–H groups in total. The smallest absolute Gasteiger partial charge is 0.159 e. The lowest BCUT2D eigenvalue weighted by Crippen LogP contribution is -2.27. The average Bonchev–Trinajstić information content (AvgIpc) is 3.20. The minimum absolute atomic E-state index is 0.700. The highest BCUT2D eigenvalue weighted by molar-refractivity contribution is 8.09. The largest absolute Gasteiger partial charge is 0.359 e. The maximum absolute atomic E-state index is 6.02. The third kappa shape index (κ3) is 7.67. The van der Waals surface area contributed by atoms with Crippen LogP contribution in [0, 0.1) is 13.8 Å². The lowest BCUT2D eigenvalue weighted by Gasteiger charge is -2.34. The zero-order chi connectivity index (χ0) is 34.9. The second-order valence-electron chi connectivity index (χ2n) is 12.6. The van der Waals surface area contributed by atoms with Crippen molar-refractivity contribution in [1.82, 2.24) is 0 Å². The van der Waals surface area contributed by atoms with Gasteiger partial charge in [0.25, 0.3) is 0 Å². The van der Waals surface area contributed by atoms with E-state index in [0.717, 1.165) is 27.5 Å². The second-order valence-corrected chi connectivity index (χ2v) is 18.8. The third-order valence-corrected chi connectivity index (χ3v) is 17.1. The second kappa shape index (κ2) is 15.6. The molecule has 3 nitrogen and oxygen atoms in total. The molecule has 0 radical (unpaired) electrons. The topological polar surface area (TPSA) is 36.8 Å². The van der Waals surface area contributed by atoms with E-state index in [0.29, 0.717) is 5.84 Å². The molecule has 0 aliphatic rings. The summed E-state index contributed by atoms with van der Waals surface area (Å²) in [5.41, 5.74) is 7.93. The van der Waals surface area contributed by atoms with E-state index >= 15 is 0 Å². The van der Waals surface area contributed by atoms with Gasteiger partial charge in [0.2, 0.25) is 0 Å². The normalized spacial score (nSPS) is 11.8. The number of rotatable bonds is 9. The minimum Gasteiger partial charge on any atom is -0.359 e. The standard InChI is InChI=1S/C46H41N3P2/c1-37-28-32-40(33-29-37)47-46(39-18-8-3-9-19-39)49-51(44-24-14-6-15-25-44,45-26-16-7-17-27-45)36-50(42-20-10-4-11-21-42,43-22-12-5-13-23-43)48-41-34-30-38(2)31-35-41/h3-36,48H,1-2H3. The quantitative estimate of drug-likeness (QED) is 0.0910. The van der Waals surface area contributed by atoms with Gasteiger partial charge in [-0.25, -0.2) is 9.74 Å². The van der Waals surface area contributed by atoms with E-state index in [-0.39, 0.29) is 0 Å². The van der Waals surface area contributed by atoms with Gasteiger partial charge in [-0.1, -0.05) is 187 Å². The van der Waals surface area contributed by atoms with Gasteiger partial charge in [0.05, 0.1) is 12.7 Å². The van der Waals surface area contributed by atoms with Crippen LogP contribution in [0.5, 0.6) is 0 Å². The number of benzene rings is 7. The Bertz CT molecular complexity index is 2230. The van der Waals surface area contributed by atoms with Gasteiger partial charge in [-0.2, -0.15) is 0 Å². The SMILES string of the molecule is Cc1ccc(N=C(N=P(C=P(Nc2ccc(C)cc2)(c2ccccc2)c2ccccc2)(c2ccccc2)c2ccccc2)c2ccccc2)cc1. The summed E-state index contributed by atoms with van der Waals surface area (Å²) < 4.78 is 6.02. The van der Waals surface area contributed by atoms with Crippen molar-refractivity contribution in [2.24, 2.45) is 9.74 Å². The Morgan fingerprint density at radius 3 is 1.29 bits per heavy atom. The highest BCUT2D eigenvalue weighted by Gasteiger charge is 2.32. The Morgan fingerprint density at radius 2 is 0.843 bits per heavy atom. The van der Waals surface area contributed by atoms with Crippen molar-refractivity contribution < 1.29 is 0 Å². The predicted molar refractivity (Wildman–Crippen MR) is 225 cm³/mol. The third-order valence-electron chi connectivity index (χ3n) is 8.88. The van der Waals surface area contributed by atoms with E-state index < -0.39 is 14.1 Å². The van der Waals surface area contributed by atoms with Crippen molar-refractivity contribution in [3.8, 4) is 0 Å². The molecule has 7 aromatic carbocycles. The first-order chi connectivity index (χ1) is 25.0. The average molecular weight is 698 g/mol. The van der Waals surface area contributed by atoms with Crippen molar-refractivity contribution in [1.29, 1.82) is 0 Å². The lowest BCUT2D eigenvalue weighted by molar-refractivity contribution is 1.41. The molecule has 250 valence electrons. The first-order valence-corrected chi connectivity index (χ1v) is 20.9. The molecule has 0 aromatic heterocycles. The van der Waals surface area contributed by atoms with Crippen LogP contribution in [-0.2, 0) is 0 Å². The summed E-state index contributed by atoms with van der Waals surface area (Å²) in [6.45, 7) is 4.23. The van der Waals surface area contributed by atoms with Crippen LogP contribution >= 0.6 is 14.1 Å². The van der Waals surface area contributed by atoms with Crippen LogP contribution in [0.2, 0.25) is 0 Å². The summed E-state index contributed by atoms with van der Waals surface area (Å²) in [6.07, 6.45) is 0. The number of aliphatic imine (C=N–C) groups is 1. The molecule has 0 unspecified atom stereocenters. The van der Waals surface area contributed by atoms with Gasteiger partial charge in [0, 0.05) is 28.9 Å². The van der Waals surface area contributed by atoms with Crippen molar-refractivity contribution in [2.75, 3.05) is 5.09 Å². The molecule has 0 fully saturated rings. The first kappa shape index (κ1) is 34.0. The summed E-state index contributed by atoms with van der Waals surface area (Å²) in [4.78, 5) is 5.32. The van der Waals surface area contributed by atoms with Gasteiger partial charge < -0.3 is 5.09 Å². The van der Waals surface area contributed by atoms with Gasteiger partial charge in [-0.15, -0.1) is 0 Å². The van der Waals surface area contributed by atoms with Gasteiger partial charge >= 0.3 is 0 Å². The zero-order valence-electron chi connectivity index (χ0n) is 28.9. The summed E-state index contributed by atoms with van der Waals surface area (Å²) >= 11 is 0. The van der Waals surface area contributed by atoms with Crippen LogP contribution in [0.15, 0.2) is 210 Å². The molecule has 0 spiro atoms. The molecule has 0 heterocycles. The molecule has 0 atom stereocenters. The van der Waals surface area contributed by atoms with E-state index in [2.05, 4.69) is 219 Å². The number of aryl methyl sites for hydroxylation is 2. The number of amidine groups is 1. The fourth-order valence-electron chi connectivity index (χ4n) is 6.21. The minimum atomic E-state index is -2.81. The van der Waals surface area contributed by atoms with Gasteiger partial charge in [0.15, 0.2) is 5.84 Å². The van der Waals surface area contributed by atoms with E-state index in [1.807, 2.05) is 6.07 Å². The lowest BCUT2D eigenvalue weighted by atomic mass is 10.2. The molecule has 0 saturated heterocycles. The van der Waals surface area contributed by atoms with Crippen LogP contribution < -0.4 is 26.3 Å². The highest BCUT2D eigenvalue weighted by atomic mass is 31.2. The number of hydrogen-bond donors (Lipinski definition) is 1. The molecule has 5 heteroatoms. The van der Waals surface area contributed by atoms with Crippen molar-refractivity contribution in [2.45, 2.75) is 13.8 Å². The fraction of sp³-hybridized carbons (Fsp3) is 0.0435. The molecule has 51 heavy (non-hydrogen) atoms.